The lowest BCUT2D eigenvalue weighted by molar-refractivity contribution is -0.149. The van der Waals surface area contributed by atoms with Crippen LogP contribution < -0.4 is 11.1 Å². The second-order valence-electron chi connectivity index (χ2n) is 9.64. The predicted molar refractivity (Wildman–Crippen MR) is 147 cm³/mol. The van der Waals surface area contributed by atoms with Crippen molar-refractivity contribution in [1.29, 1.82) is 5.41 Å². The number of thiazole rings is 1. The summed E-state index contributed by atoms with van der Waals surface area (Å²) in [6.45, 7) is 4.24. The van der Waals surface area contributed by atoms with Gasteiger partial charge in [0.1, 0.15) is 11.9 Å². The number of nitrogens with one attached hydrogen (secondary N) is 2. The Morgan fingerprint density at radius 1 is 1.21 bits per heavy atom. The molecule has 2 aromatic carbocycles. The van der Waals surface area contributed by atoms with Gasteiger partial charge in [0.25, 0.3) is 5.91 Å². The van der Waals surface area contributed by atoms with Gasteiger partial charge in [0.15, 0.2) is 5.01 Å². The van der Waals surface area contributed by atoms with E-state index in [0.29, 0.717) is 23.9 Å². The molecule has 39 heavy (non-hydrogen) atoms. The lowest BCUT2D eigenvalue weighted by Crippen LogP contribution is -2.59. The molecule has 2 aliphatic heterocycles. The number of sulfonamides is 1. The lowest BCUT2D eigenvalue weighted by Gasteiger charge is -2.38. The number of nitrogen functional groups attached to an aromatic ring is 1. The number of fused-ring (bicyclic) bond motifs is 2. The maximum atomic E-state index is 13.7. The smallest absolute Gasteiger partial charge is 0.330 e. The molecular weight excluding hydrogens is 540 g/mol. The molecule has 2 aliphatic rings. The normalized spacial score (nSPS) is 20.0. The highest BCUT2D eigenvalue weighted by Crippen LogP contribution is 2.28. The molecule has 0 spiro atoms. The number of nitrogens with two attached hydrogens (primary N) is 1. The van der Waals surface area contributed by atoms with Crippen molar-refractivity contribution in [2.24, 2.45) is 5.73 Å². The number of esters is 1. The second-order valence-corrected chi connectivity index (χ2v) is 12.7. The van der Waals surface area contributed by atoms with Crippen LogP contribution in [-0.4, -0.2) is 78.6 Å². The average molecular weight is 571 g/mol. The van der Waals surface area contributed by atoms with Crippen LogP contribution in [0.5, 0.6) is 0 Å². The number of benzene rings is 2. The molecule has 0 aliphatic carbocycles. The molecule has 3 heterocycles. The van der Waals surface area contributed by atoms with E-state index in [2.05, 4.69) is 17.2 Å². The van der Waals surface area contributed by atoms with Crippen molar-refractivity contribution in [1.82, 2.24) is 19.5 Å². The minimum atomic E-state index is -4.01. The summed E-state index contributed by atoms with van der Waals surface area (Å²) in [7, 11) is -4.01. The molecule has 1 saturated heterocycles. The SMILES string of the molecule is CCOC(=O)C1CN(S(=O)(=O)c2ccc3ccc(C(=N)N)cc3c2)CCN1C(=O)c1nc2c(s1)CNC(C)C2. The number of ether oxygens (including phenoxy) is 1. The Morgan fingerprint density at radius 2 is 1.97 bits per heavy atom. The minimum Gasteiger partial charge on any atom is -0.464 e. The van der Waals surface area contributed by atoms with Gasteiger partial charge in [-0.05, 0) is 42.8 Å². The van der Waals surface area contributed by atoms with Gasteiger partial charge in [0.2, 0.25) is 10.0 Å². The predicted octanol–water partition coefficient (Wildman–Crippen LogP) is 1.69. The fraction of sp³-hybridized carbons (Fsp3) is 0.385. The molecule has 0 saturated carbocycles. The molecule has 1 amide bonds. The molecule has 0 bridgehead atoms. The van der Waals surface area contributed by atoms with E-state index in [0.717, 1.165) is 16.0 Å². The van der Waals surface area contributed by atoms with E-state index in [1.54, 1.807) is 31.2 Å². The zero-order valence-electron chi connectivity index (χ0n) is 21.6. The third-order valence-electron chi connectivity index (χ3n) is 6.99. The fourth-order valence-corrected chi connectivity index (χ4v) is 7.36. The Kier molecular flexibility index (Phi) is 7.42. The third kappa shape index (κ3) is 5.26. The zero-order chi connectivity index (χ0) is 27.9. The summed E-state index contributed by atoms with van der Waals surface area (Å²) >= 11 is 1.30. The van der Waals surface area contributed by atoms with E-state index in [1.807, 2.05) is 0 Å². The maximum absolute atomic E-state index is 13.7. The molecule has 1 fully saturated rings. The van der Waals surface area contributed by atoms with Gasteiger partial charge in [-0.2, -0.15) is 4.31 Å². The summed E-state index contributed by atoms with van der Waals surface area (Å²) in [6, 6.07) is 9.02. The molecule has 1 aromatic heterocycles. The van der Waals surface area contributed by atoms with Crippen LogP contribution in [0.25, 0.3) is 10.8 Å². The maximum Gasteiger partial charge on any atom is 0.330 e. The van der Waals surface area contributed by atoms with Crippen LogP contribution in [0.3, 0.4) is 0 Å². The van der Waals surface area contributed by atoms with Crippen molar-refractivity contribution in [3.05, 3.63) is 57.5 Å². The van der Waals surface area contributed by atoms with Crippen molar-refractivity contribution in [2.75, 3.05) is 26.2 Å². The third-order valence-corrected chi connectivity index (χ3v) is 9.94. The molecule has 5 rings (SSSR count). The van der Waals surface area contributed by atoms with E-state index in [9.17, 15) is 18.0 Å². The standard InChI is InChI=1S/C26H30N6O5S2/c1-3-37-26(34)21-14-31(8-9-32(21)25(33)24-30-20-10-15(2)29-13-22(20)38-24)39(35,36)19-7-6-16-4-5-17(23(27)28)11-18(16)12-19/h4-7,11-12,15,21,29H,3,8-10,13-14H2,1-2H3,(H3,27,28). The minimum absolute atomic E-state index is 0.0131. The summed E-state index contributed by atoms with van der Waals surface area (Å²) in [4.78, 5) is 33.5. The van der Waals surface area contributed by atoms with Crippen LogP contribution in [0.15, 0.2) is 41.3 Å². The van der Waals surface area contributed by atoms with Gasteiger partial charge in [-0.3, -0.25) is 10.2 Å². The van der Waals surface area contributed by atoms with Gasteiger partial charge >= 0.3 is 5.97 Å². The number of aromatic nitrogens is 1. The first-order chi connectivity index (χ1) is 18.6. The molecule has 206 valence electrons. The Bertz CT molecular complexity index is 1570. The number of hydrogen-bond donors (Lipinski definition) is 3. The summed E-state index contributed by atoms with van der Waals surface area (Å²) in [5.41, 5.74) is 6.97. The van der Waals surface area contributed by atoms with E-state index in [1.165, 1.54) is 32.7 Å². The molecule has 2 unspecified atom stereocenters. The molecular formula is C26H30N6O5S2. The van der Waals surface area contributed by atoms with Crippen molar-refractivity contribution < 1.29 is 22.7 Å². The van der Waals surface area contributed by atoms with E-state index >= 15 is 0 Å². The molecule has 2 atom stereocenters. The number of amides is 1. The molecule has 0 radical (unpaired) electrons. The van der Waals surface area contributed by atoms with Crippen LogP contribution in [0, 0.1) is 5.41 Å². The first kappa shape index (κ1) is 27.2. The Morgan fingerprint density at radius 3 is 2.72 bits per heavy atom. The highest BCUT2D eigenvalue weighted by molar-refractivity contribution is 7.89. The highest BCUT2D eigenvalue weighted by Gasteiger charge is 2.42. The monoisotopic (exact) mass is 570 g/mol. The van der Waals surface area contributed by atoms with Crippen molar-refractivity contribution in [3.8, 4) is 0 Å². The highest BCUT2D eigenvalue weighted by atomic mass is 32.2. The van der Waals surface area contributed by atoms with Crippen molar-refractivity contribution >= 4 is 49.8 Å². The van der Waals surface area contributed by atoms with E-state index in [-0.39, 0.29) is 48.0 Å². The number of rotatable bonds is 6. The van der Waals surface area contributed by atoms with Crippen LogP contribution in [0.4, 0.5) is 0 Å². The largest absolute Gasteiger partial charge is 0.464 e. The van der Waals surface area contributed by atoms with Crippen molar-refractivity contribution in [3.63, 3.8) is 0 Å². The number of carbonyl (C=O) groups excluding carboxylic acids is 2. The molecule has 13 heteroatoms. The second kappa shape index (κ2) is 10.6. The first-order valence-electron chi connectivity index (χ1n) is 12.7. The molecule has 4 N–H and O–H groups in total. The number of carbonyl (C=O) groups is 2. The van der Waals surface area contributed by atoms with Crippen LogP contribution >= 0.6 is 11.3 Å². The number of amidine groups is 1. The number of hydrogen-bond acceptors (Lipinski definition) is 9. The average Bonchev–Trinajstić information content (AvgIpc) is 3.35. The number of piperazine rings is 1. The summed E-state index contributed by atoms with van der Waals surface area (Å²) in [5.74, 6) is -1.18. The number of nitrogens with zero attached hydrogens (tertiary/aromatic N) is 3. The summed E-state index contributed by atoms with van der Waals surface area (Å²) < 4.78 is 33.8. The van der Waals surface area contributed by atoms with Gasteiger partial charge in [-0.1, -0.05) is 18.2 Å². The zero-order valence-corrected chi connectivity index (χ0v) is 23.3. The molecule has 11 nitrogen and oxygen atoms in total. The summed E-state index contributed by atoms with van der Waals surface area (Å²) in [5, 5.41) is 12.7. The Balaban J connectivity index is 1.42. The van der Waals surface area contributed by atoms with Gasteiger partial charge in [-0.25, -0.2) is 18.2 Å². The van der Waals surface area contributed by atoms with Crippen LogP contribution in [0.1, 0.15) is 39.8 Å². The Labute approximate surface area is 230 Å². The Hall–Kier alpha value is -3.39. The van der Waals surface area contributed by atoms with E-state index in [4.69, 9.17) is 15.9 Å². The van der Waals surface area contributed by atoms with Gasteiger partial charge in [-0.15, -0.1) is 11.3 Å². The van der Waals surface area contributed by atoms with Crippen LogP contribution in [-0.2, 0) is 32.5 Å². The molecule has 3 aromatic rings. The fourth-order valence-electron chi connectivity index (χ4n) is 4.89. The van der Waals surface area contributed by atoms with E-state index < -0.39 is 27.9 Å². The van der Waals surface area contributed by atoms with Gasteiger partial charge < -0.3 is 20.7 Å². The van der Waals surface area contributed by atoms with Crippen molar-refractivity contribution in [2.45, 2.75) is 43.8 Å². The van der Waals surface area contributed by atoms with Gasteiger partial charge in [0.05, 0.1) is 17.2 Å². The summed E-state index contributed by atoms with van der Waals surface area (Å²) in [6.07, 6.45) is 0.714. The lowest BCUT2D eigenvalue weighted by atomic mass is 10.1. The topological polar surface area (TPSA) is 159 Å². The first-order valence-corrected chi connectivity index (χ1v) is 14.9. The van der Waals surface area contributed by atoms with Gasteiger partial charge in [0, 0.05) is 49.1 Å². The van der Waals surface area contributed by atoms with Crippen LogP contribution in [0.2, 0.25) is 0 Å². The quantitative estimate of drug-likeness (QED) is 0.229.